The summed E-state index contributed by atoms with van der Waals surface area (Å²) in [6.07, 6.45) is 39.9. The first-order valence-corrected chi connectivity index (χ1v) is 19.5. The first kappa shape index (κ1) is 46.4. The van der Waals surface area contributed by atoms with E-state index in [1.54, 1.807) is 0 Å². The number of allylic oxidation sites excluding steroid dienone is 11. The van der Waals surface area contributed by atoms with Gasteiger partial charge < -0.3 is 25.2 Å². The minimum Gasteiger partial charge on any atom is -0.480 e. The van der Waals surface area contributed by atoms with E-state index in [9.17, 15) is 19.0 Å². The molecule has 11 heteroatoms. The van der Waals surface area contributed by atoms with E-state index in [2.05, 4.69) is 79.1 Å². The Labute approximate surface area is 295 Å². The van der Waals surface area contributed by atoms with Crippen LogP contribution in [0.5, 0.6) is 0 Å². The van der Waals surface area contributed by atoms with Crippen LogP contribution in [-0.2, 0) is 32.7 Å². The predicted molar refractivity (Wildman–Crippen MR) is 198 cm³/mol. The lowest BCUT2D eigenvalue weighted by Gasteiger charge is -2.20. The molecular weight excluding hydrogens is 645 g/mol. The van der Waals surface area contributed by atoms with Crippen LogP contribution in [0.3, 0.4) is 0 Å². The molecule has 0 bridgehead atoms. The number of hydrogen-bond donors (Lipinski definition) is 3. The number of carboxylic acid groups (broad SMARTS) is 1. The minimum absolute atomic E-state index is 0.0448. The topological polar surface area (TPSA) is 155 Å². The van der Waals surface area contributed by atoms with E-state index in [0.717, 1.165) is 70.6 Å². The van der Waals surface area contributed by atoms with Crippen LogP contribution in [0.1, 0.15) is 117 Å². The molecule has 0 rings (SSSR count). The lowest BCUT2D eigenvalue weighted by molar-refractivity contribution is -0.154. The molecule has 0 aliphatic carbocycles. The summed E-state index contributed by atoms with van der Waals surface area (Å²) < 4.78 is 33.0. The van der Waals surface area contributed by atoms with E-state index in [0.29, 0.717) is 19.4 Å². The van der Waals surface area contributed by atoms with Crippen molar-refractivity contribution >= 4 is 19.8 Å². The van der Waals surface area contributed by atoms with Crippen molar-refractivity contribution in [1.82, 2.24) is 0 Å². The molecule has 0 aliphatic heterocycles. The standard InChI is InChI=1S/C38H64NO9P/c1-3-5-7-9-11-13-15-16-17-18-19-21-23-25-27-29-31-45-32-35(33-46-49(43,44)47-34-36(39)38(41)42)48-37(40)30-28-26-24-22-20-14-12-10-8-6-4-2/h5,7,10-13,16-17,19,21,25,27,35-36H,3-4,6,8-9,14-15,18,20,22-24,26,28-34,39H2,1-2H3,(H,41,42)(H,43,44)/b7-5-,12-10-,13-11-,17-16-,21-19-,27-25-. The maximum atomic E-state index is 12.5. The van der Waals surface area contributed by atoms with Gasteiger partial charge in [0.1, 0.15) is 12.1 Å². The monoisotopic (exact) mass is 709 g/mol. The number of esters is 1. The first-order valence-electron chi connectivity index (χ1n) is 18.0. The van der Waals surface area contributed by atoms with Crippen molar-refractivity contribution in [3.05, 3.63) is 72.9 Å². The van der Waals surface area contributed by atoms with Gasteiger partial charge in [0, 0.05) is 6.42 Å². The molecule has 0 spiro atoms. The summed E-state index contributed by atoms with van der Waals surface area (Å²) in [7, 11) is -4.63. The van der Waals surface area contributed by atoms with Crippen molar-refractivity contribution in [2.75, 3.05) is 26.4 Å². The second-order valence-electron chi connectivity index (χ2n) is 11.6. The normalized spacial score (nSPS) is 15.0. The number of nitrogens with two attached hydrogens (primary N) is 1. The van der Waals surface area contributed by atoms with E-state index in [-0.39, 0.29) is 13.0 Å². The Morgan fingerprint density at radius 1 is 0.673 bits per heavy atom. The number of phosphoric ester groups is 1. The Morgan fingerprint density at radius 2 is 1.18 bits per heavy atom. The van der Waals surface area contributed by atoms with E-state index >= 15 is 0 Å². The number of carboxylic acids is 1. The average molecular weight is 710 g/mol. The summed E-state index contributed by atoms with van der Waals surface area (Å²) in [5, 5.41) is 8.85. The van der Waals surface area contributed by atoms with Gasteiger partial charge in [-0.25, -0.2) is 4.57 Å². The summed E-state index contributed by atoms with van der Waals surface area (Å²) in [5.74, 6) is -1.83. The average Bonchev–Trinajstić information content (AvgIpc) is 3.07. The smallest absolute Gasteiger partial charge is 0.472 e. The van der Waals surface area contributed by atoms with Crippen LogP contribution in [0.25, 0.3) is 0 Å². The molecule has 280 valence electrons. The molecule has 0 aromatic rings. The fraction of sp³-hybridized carbons (Fsp3) is 0.632. The van der Waals surface area contributed by atoms with E-state index in [1.165, 1.54) is 12.8 Å². The van der Waals surface area contributed by atoms with Crippen LogP contribution in [0.15, 0.2) is 72.9 Å². The molecule has 4 N–H and O–H groups in total. The largest absolute Gasteiger partial charge is 0.480 e. The van der Waals surface area contributed by atoms with Gasteiger partial charge in [0.2, 0.25) is 0 Å². The highest BCUT2D eigenvalue weighted by Crippen LogP contribution is 2.43. The quantitative estimate of drug-likeness (QED) is 0.0260. The van der Waals surface area contributed by atoms with Crippen molar-refractivity contribution in [3.63, 3.8) is 0 Å². The molecule has 10 nitrogen and oxygen atoms in total. The molecule has 0 saturated heterocycles. The molecule has 0 saturated carbocycles. The van der Waals surface area contributed by atoms with Gasteiger partial charge in [-0.3, -0.25) is 18.6 Å². The third-order valence-corrected chi connectivity index (χ3v) is 7.94. The van der Waals surface area contributed by atoms with E-state index in [1.807, 2.05) is 12.2 Å². The Bertz CT molecular complexity index is 1050. The Morgan fingerprint density at radius 3 is 1.78 bits per heavy atom. The van der Waals surface area contributed by atoms with Crippen LogP contribution in [0, 0.1) is 0 Å². The molecule has 0 aliphatic rings. The molecule has 0 aromatic heterocycles. The number of carbonyl (C=O) groups is 2. The first-order chi connectivity index (χ1) is 23.7. The molecule has 0 radical (unpaired) electrons. The van der Waals surface area contributed by atoms with Crippen LogP contribution in [0.2, 0.25) is 0 Å². The number of unbranched alkanes of at least 4 members (excludes halogenated alkanes) is 7. The second-order valence-corrected chi connectivity index (χ2v) is 13.1. The maximum absolute atomic E-state index is 12.5. The number of hydrogen-bond acceptors (Lipinski definition) is 8. The molecule has 0 fully saturated rings. The number of carbonyl (C=O) groups excluding carboxylic acids is 1. The molecule has 3 atom stereocenters. The highest BCUT2D eigenvalue weighted by atomic mass is 31.2. The third kappa shape index (κ3) is 33.7. The predicted octanol–water partition coefficient (Wildman–Crippen LogP) is 9.08. The van der Waals surface area contributed by atoms with Gasteiger partial charge in [0.05, 0.1) is 26.4 Å². The lowest BCUT2D eigenvalue weighted by Crippen LogP contribution is -2.34. The van der Waals surface area contributed by atoms with E-state index in [4.69, 9.17) is 24.8 Å². The summed E-state index contributed by atoms with van der Waals surface area (Å²) in [5.41, 5.74) is 5.32. The number of aliphatic carboxylic acids is 1. The maximum Gasteiger partial charge on any atom is 0.472 e. The Hall–Kier alpha value is -2.59. The van der Waals surface area contributed by atoms with Crippen molar-refractivity contribution in [3.8, 4) is 0 Å². The van der Waals surface area contributed by atoms with Crippen molar-refractivity contribution in [2.45, 2.75) is 129 Å². The summed E-state index contributed by atoms with van der Waals surface area (Å²) in [4.78, 5) is 33.3. The summed E-state index contributed by atoms with van der Waals surface area (Å²) in [6.45, 7) is 3.45. The summed E-state index contributed by atoms with van der Waals surface area (Å²) >= 11 is 0. The Balaban J connectivity index is 4.49. The molecule has 0 aromatic carbocycles. The fourth-order valence-electron chi connectivity index (χ4n) is 4.18. The number of ether oxygens (including phenoxy) is 2. The van der Waals surface area contributed by atoms with Gasteiger partial charge in [-0.15, -0.1) is 0 Å². The number of phosphoric acid groups is 1. The molecule has 0 amide bonds. The van der Waals surface area contributed by atoms with Crippen molar-refractivity contribution in [1.29, 1.82) is 0 Å². The molecule has 3 unspecified atom stereocenters. The van der Waals surface area contributed by atoms with Gasteiger partial charge in [-0.2, -0.15) is 0 Å². The van der Waals surface area contributed by atoms with Gasteiger partial charge in [0.15, 0.2) is 0 Å². The Kier molecular flexibility index (Phi) is 32.1. The highest BCUT2D eigenvalue weighted by Gasteiger charge is 2.27. The zero-order chi connectivity index (χ0) is 36.3. The van der Waals surface area contributed by atoms with Crippen molar-refractivity contribution in [2.24, 2.45) is 5.73 Å². The molecular formula is C38H64NO9P. The van der Waals surface area contributed by atoms with Crippen LogP contribution in [-0.4, -0.2) is 60.5 Å². The minimum atomic E-state index is -4.63. The highest BCUT2D eigenvalue weighted by molar-refractivity contribution is 7.47. The van der Waals surface area contributed by atoms with Crippen LogP contribution < -0.4 is 5.73 Å². The van der Waals surface area contributed by atoms with Crippen LogP contribution in [0.4, 0.5) is 0 Å². The molecule has 0 heterocycles. The van der Waals surface area contributed by atoms with Crippen molar-refractivity contribution < 1.29 is 42.7 Å². The zero-order valence-corrected chi connectivity index (χ0v) is 30.9. The zero-order valence-electron chi connectivity index (χ0n) is 30.0. The van der Waals surface area contributed by atoms with Gasteiger partial charge in [0.25, 0.3) is 0 Å². The van der Waals surface area contributed by atoms with E-state index < -0.39 is 45.1 Å². The lowest BCUT2D eigenvalue weighted by atomic mass is 10.1. The SMILES string of the molecule is CC/C=C\C/C=C\C/C=C\C/C=C\C/C=C\CCOCC(COP(=O)(O)OCC(N)C(=O)O)OC(=O)CCCCCCC/C=C\CCCC. The van der Waals surface area contributed by atoms with Gasteiger partial charge >= 0.3 is 19.8 Å². The fourth-order valence-corrected chi connectivity index (χ4v) is 4.95. The van der Waals surface area contributed by atoms with Gasteiger partial charge in [-0.1, -0.05) is 119 Å². The third-order valence-electron chi connectivity index (χ3n) is 6.99. The van der Waals surface area contributed by atoms with Gasteiger partial charge in [-0.05, 0) is 64.2 Å². The summed E-state index contributed by atoms with van der Waals surface area (Å²) in [6, 6.07) is -1.49. The number of rotatable bonds is 33. The second kappa shape index (κ2) is 33.9. The molecule has 49 heavy (non-hydrogen) atoms. The van der Waals surface area contributed by atoms with Crippen LogP contribution >= 0.6 is 7.82 Å².